The average Bonchev–Trinajstić information content (AvgIpc) is 2.96. The third kappa shape index (κ3) is 6.03. The molecule has 2 N–H and O–H groups in total. The van der Waals surface area contributed by atoms with E-state index in [-0.39, 0.29) is 12.5 Å². The lowest BCUT2D eigenvalue weighted by molar-refractivity contribution is -0.127. The lowest BCUT2D eigenvalue weighted by Gasteiger charge is -2.33. The van der Waals surface area contributed by atoms with Crippen LogP contribution in [-0.2, 0) is 22.4 Å². The van der Waals surface area contributed by atoms with Gasteiger partial charge in [0.2, 0.25) is 0 Å². The van der Waals surface area contributed by atoms with Crippen LogP contribution in [0.2, 0.25) is 0 Å². The summed E-state index contributed by atoms with van der Waals surface area (Å²) in [5, 5.41) is 8.83. The molecular weight excluding hydrogens is 418 g/mol. The number of nitrogens with zero attached hydrogens (tertiary/aromatic N) is 3. The number of fused-ring (bicyclic) bond motifs is 2. The van der Waals surface area contributed by atoms with Gasteiger partial charge in [-0.05, 0) is 49.1 Å². The van der Waals surface area contributed by atoms with Crippen molar-refractivity contribution in [2.75, 3.05) is 43.1 Å². The summed E-state index contributed by atoms with van der Waals surface area (Å²) in [5.41, 5.74) is 7.77. The van der Waals surface area contributed by atoms with E-state index in [1.807, 2.05) is 41.4 Å². The van der Waals surface area contributed by atoms with E-state index in [1.165, 1.54) is 0 Å². The molecule has 0 aromatic heterocycles. The zero-order valence-electron chi connectivity index (χ0n) is 20.1. The number of likely N-dealkylation sites (N-methyl/N-ethyl adjacent to an activating group) is 1. The van der Waals surface area contributed by atoms with Crippen molar-refractivity contribution in [3.63, 3.8) is 0 Å². The summed E-state index contributed by atoms with van der Waals surface area (Å²) in [7, 11) is 0. The molecule has 2 aromatic rings. The van der Waals surface area contributed by atoms with E-state index in [4.69, 9.17) is 4.74 Å². The molecule has 0 atom stereocenters. The summed E-state index contributed by atoms with van der Waals surface area (Å²) < 4.78 is 5.02. The van der Waals surface area contributed by atoms with Crippen molar-refractivity contribution < 1.29 is 14.3 Å². The van der Waals surface area contributed by atoms with Crippen LogP contribution in [0.1, 0.15) is 38.8 Å². The first-order valence-corrected chi connectivity index (χ1v) is 11.7. The fourth-order valence-electron chi connectivity index (χ4n) is 4.17. The molecule has 0 saturated heterocycles. The van der Waals surface area contributed by atoms with Crippen LogP contribution in [0.25, 0.3) is 0 Å². The summed E-state index contributed by atoms with van der Waals surface area (Å²) in [5.74, 6) is -0.102. The Kier molecular flexibility index (Phi) is 8.68. The lowest BCUT2D eigenvalue weighted by Crippen LogP contribution is -2.50. The number of carbonyl (C=O) groups is 2. The zero-order chi connectivity index (χ0) is 23.8. The molecule has 33 heavy (non-hydrogen) atoms. The minimum atomic E-state index is -0.500. The number of hydrazine groups is 2. The largest absolute Gasteiger partial charge is 0.450 e. The number of anilines is 3. The molecule has 1 aliphatic rings. The molecule has 178 valence electrons. The summed E-state index contributed by atoms with van der Waals surface area (Å²) in [6, 6.07) is 13.8. The summed E-state index contributed by atoms with van der Waals surface area (Å²) in [6.07, 6.45) is 1.19. The van der Waals surface area contributed by atoms with Crippen molar-refractivity contribution in [3.05, 3.63) is 53.6 Å². The van der Waals surface area contributed by atoms with Crippen molar-refractivity contribution in [2.45, 2.75) is 40.5 Å². The van der Waals surface area contributed by atoms with Gasteiger partial charge in [-0.15, -0.1) is 0 Å². The number of hydrogen-bond donors (Lipinski definition) is 2. The normalized spacial score (nSPS) is 12.7. The molecule has 2 aromatic carbocycles. The zero-order valence-corrected chi connectivity index (χ0v) is 20.1. The average molecular weight is 454 g/mol. The number of carbonyl (C=O) groups excluding carboxylic acids is 2. The monoisotopic (exact) mass is 453 g/mol. The second-order valence-electron chi connectivity index (χ2n) is 7.81. The van der Waals surface area contributed by atoms with Gasteiger partial charge in [-0.1, -0.05) is 45.0 Å². The Labute approximate surface area is 196 Å². The Morgan fingerprint density at radius 2 is 1.58 bits per heavy atom. The van der Waals surface area contributed by atoms with Crippen molar-refractivity contribution >= 4 is 29.1 Å². The number of rotatable bonds is 9. The maximum absolute atomic E-state index is 13.2. The number of aryl methyl sites for hydroxylation is 2. The van der Waals surface area contributed by atoms with Crippen LogP contribution >= 0.6 is 0 Å². The van der Waals surface area contributed by atoms with Crippen molar-refractivity contribution in [1.82, 2.24) is 15.4 Å². The molecule has 0 radical (unpaired) electrons. The van der Waals surface area contributed by atoms with E-state index >= 15 is 0 Å². The molecular formula is C25H35N5O3. The molecule has 1 heterocycles. The molecule has 8 heteroatoms. The highest BCUT2D eigenvalue weighted by molar-refractivity contribution is 5.88. The second kappa shape index (κ2) is 11.7. The fourth-order valence-corrected chi connectivity index (χ4v) is 4.17. The van der Waals surface area contributed by atoms with Gasteiger partial charge in [-0.3, -0.25) is 20.5 Å². The van der Waals surface area contributed by atoms with E-state index in [1.54, 1.807) is 6.92 Å². The first kappa shape index (κ1) is 24.5. The summed E-state index contributed by atoms with van der Waals surface area (Å²) in [6.45, 7) is 11.0. The minimum absolute atomic E-state index is 0.102. The quantitative estimate of drug-likeness (QED) is 0.557. The van der Waals surface area contributed by atoms with Gasteiger partial charge in [0.15, 0.2) is 0 Å². The number of ether oxygens (including phenoxy) is 1. The fraction of sp³-hybridized carbons (Fsp3) is 0.440. The molecule has 0 saturated carbocycles. The van der Waals surface area contributed by atoms with E-state index < -0.39 is 6.09 Å². The van der Waals surface area contributed by atoms with E-state index in [0.717, 1.165) is 55.0 Å². The molecule has 0 aliphatic carbocycles. The Morgan fingerprint density at radius 3 is 2.24 bits per heavy atom. The highest BCUT2D eigenvalue weighted by Crippen LogP contribution is 2.36. The molecule has 0 spiro atoms. The number of benzene rings is 2. The maximum atomic E-state index is 13.2. The first-order chi connectivity index (χ1) is 16.0. The van der Waals surface area contributed by atoms with Crippen LogP contribution in [0.5, 0.6) is 0 Å². The third-order valence-electron chi connectivity index (χ3n) is 5.80. The lowest BCUT2D eigenvalue weighted by atomic mass is 10.0. The summed E-state index contributed by atoms with van der Waals surface area (Å²) in [4.78, 5) is 25.1. The van der Waals surface area contributed by atoms with Gasteiger partial charge >= 0.3 is 6.09 Å². The minimum Gasteiger partial charge on any atom is -0.450 e. The number of amides is 2. The molecule has 1 aliphatic heterocycles. The number of nitrogens with one attached hydrogen (secondary N) is 2. The standard InChI is InChI=1S/C25H35N5O3/c1-5-28(6-2)29(7-3)18-24(31)27-30-22-12-10-9-11-19(22)13-14-20-15-16-21(17-23(20)30)26-25(32)33-8-4/h9-12,15-17H,5-8,13-14,18H2,1-4H3,(H,26,32)(H,27,31). The predicted octanol–water partition coefficient (Wildman–Crippen LogP) is 4.10. The molecule has 0 bridgehead atoms. The van der Waals surface area contributed by atoms with Crippen molar-refractivity contribution in [2.24, 2.45) is 0 Å². The van der Waals surface area contributed by atoms with Gasteiger partial charge < -0.3 is 4.74 Å². The van der Waals surface area contributed by atoms with E-state index in [2.05, 4.69) is 47.6 Å². The van der Waals surface area contributed by atoms with Crippen LogP contribution in [-0.4, -0.2) is 54.8 Å². The van der Waals surface area contributed by atoms with Crippen LogP contribution in [0.15, 0.2) is 42.5 Å². The third-order valence-corrected chi connectivity index (χ3v) is 5.80. The molecule has 0 fully saturated rings. The Hall–Kier alpha value is -3.10. The Bertz CT molecular complexity index is 961. The van der Waals surface area contributed by atoms with Crippen LogP contribution in [0.4, 0.5) is 21.9 Å². The smallest absolute Gasteiger partial charge is 0.411 e. The van der Waals surface area contributed by atoms with Crippen molar-refractivity contribution in [3.8, 4) is 0 Å². The number of hydrogen-bond acceptors (Lipinski definition) is 6. The van der Waals surface area contributed by atoms with Gasteiger partial charge in [0, 0.05) is 25.3 Å². The highest BCUT2D eigenvalue weighted by Gasteiger charge is 2.24. The van der Waals surface area contributed by atoms with Gasteiger partial charge in [0.1, 0.15) is 0 Å². The van der Waals surface area contributed by atoms with E-state index in [9.17, 15) is 9.59 Å². The van der Waals surface area contributed by atoms with Gasteiger partial charge in [0.25, 0.3) is 5.91 Å². The van der Waals surface area contributed by atoms with Crippen molar-refractivity contribution in [1.29, 1.82) is 0 Å². The number of para-hydroxylation sites is 1. The maximum Gasteiger partial charge on any atom is 0.411 e. The summed E-state index contributed by atoms with van der Waals surface area (Å²) >= 11 is 0. The topological polar surface area (TPSA) is 77.1 Å². The van der Waals surface area contributed by atoms with Gasteiger partial charge in [-0.25, -0.2) is 14.8 Å². The van der Waals surface area contributed by atoms with Crippen LogP contribution < -0.4 is 15.8 Å². The molecule has 3 rings (SSSR count). The Balaban J connectivity index is 1.92. The second-order valence-corrected chi connectivity index (χ2v) is 7.81. The molecule has 8 nitrogen and oxygen atoms in total. The Morgan fingerprint density at radius 1 is 0.909 bits per heavy atom. The van der Waals surface area contributed by atoms with E-state index in [0.29, 0.717) is 12.3 Å². The SMILES string of the molecule is CCOC(=O)Nc1ccc2c(c1)N(NC(=O)CN(CC)N(CC)CC)c1ccccc1CC2. The first-order valence-electron chi connectivity index (χ1n) is 11.7. The molecule has 0 unspecified atom stereocenters. The highest BCUT2D eigenvalue weighted by atomic mass is 16.5. The van der Waals surface area contributed by atoms with Gasteiger partial charge in [0.05, 0.1) is 24.5 Å². The van der Waals surface area contributed by atoms with Crippen LogP contribution in [0, 0.1) is 0 Å². The van der Waals surface area contributed by atoms with Gasteiger partial charge in [-0.2, -0.15) is 0 Å². The predicted molar refractivity (Wildman–Crippen MR) is 131 cm³/mol. The molecule has 2 amide bonds. The van der Waals surface area contributed by atoms with Crippen LogP contribution in [0.3, 0.4) is 0 Å².